The standard InChI is InChI=1S/C20H22N4O2S2/c1-3-4-9-21-20(26)24-16(25)11-28-19-17-15(10-27-18(17)22-12-23-19)14-7-5-13(2)6-8-14/h5-8,10,12H,3-4,9,11H2,1-2H3,(H2,21,24,25,26). The molecule has 0 fully saturated rings. The van der Waals surface area contributed by atoms with Crippen LogP contribution in [0.5, 0.6) is 0 Å². The molecule has 146 valence electrons. The van der Waals surface area contributed by atoms with E-state index in [0.29, 0.717) is 6.54 Å². The molecule has 0 bridgehead atoms. The fourth-order valence-electron chi connectivity index (χ4n) is 2.62. The Hall–Kier alpha value is -2.45. The number of thiophene rings is 1. The molecule has 0 atom stereocenters. The number of nitrogens with one attached hydrogen (secondary N) is 2. The maximum Gasteiger partial charge on any atom is 0.321 e. The van der Waals surface area contributed by atoms with Crippen LogP contribution in [-0.2, 0) is 4.79 Å². The summed E-state index contributed by atoms with van der Waals surface area (Å²) in [5, 5.41) is 8.77. The van der Waals surface area contributed by atoms with Crippen molar-refractivity contribution in [1.82, 2.24) is 20.6 Å². The van der Waals surface area contributed by atoms with E-state index >= 15 is 0 Å². The van der Waals surface area contributed by atoms with Crippen LogP contribution in [0.25, 0.3) is 21.3 Å². The van der Waals surface area contributed by atoms with Crippen LogP contribution in [0.3, 0.4) is 0 Å². The van der Waals surface area contributed by atoms with E-state index in [1.54, 1.807) is 11.3 Å². The molecule has 0 aliphatic heterocycles. The fourth-order valence-corrected chi connectivity index (χ4v) is 4.42. The van der Waals surface area contributed by atoms with Crippen molar-refractivity contribution < 1.29 is 9.59 Å². The molecule has 0 saturated carbocycles. The number of benzene rings is 1. The molecule has 3 amide bonds. The molecular weight excluding hydrogens is 392 g/mol. The van der Waals surface area contributed by atoms with Gasteiger partial charge in [-0.2, -0.15) is 0 Å². The first kappa shape index (κ1) is 20.3. The summed E-state index contributed by atoms with van der Waals surface area (Å²) in [6, 6.07) is 7.83. The lowest BCUT2D eigenvalue weighted by Gasteiger charge is -2.07. The number of hydrogen-bond donors (Lipinski definition) is 2. The third-order valence-electron chi connectivity index (χ3n) is 4.11. The van der Waals surface area contributed by atoms with Crippen molar-refractivity contribution in [2.24, 2.45) is 0 Å². The lowest BCUT2D eigenvalue weighted by molar-refractivity contribution is -0.117. The van der Waals surface area contributed by atoms with Crippen molar-refractivity contribution in [3.63, 3.8) is 0 Å². The number of hydrogen-bond acceptors (Lipinski definition) is 6. The maximum atomic E-state index is 12.1. The van der Waals surface area contributed by atoms with E-state index in [9.17, 15) is 9.59 Å². The highest BCUT2D eigenvalue weighted by Gasteiger charge is 2.15. The summed E-state index contributed by atoms with van der Waals surface area (Å²) in [6.45, 7) is 4.65. The molecule has 0 saturated heterocycles. The molecule has 2 heterocycles. The van der Waals surface area contributed by atoms with Gasteiger partial charge in [0.05, 0.1) is 11.1 Å². The van der Waals surface area contributed by atoms with Crippen molar-refractivity contribution >= 4 is 45.3 Å². The van der Waals surface area contributed by atoms with Gasteiger partial charge >= 0.3 is 6.03 Å². The van der Waals surface area contributed by atoms with E-state index in [4.69, 9.17) is 0 Å². The van der Waals surface area contributed by atoms with Crippen LogP contribution in [0, 0.1) is 6.92 Å². The van der Waals surface area contributed by atoms with E-state index < -0.39 is 6.03 Å². The van der Waals surface area contributed by atoms with Crippen LogP contribution < -0.4 is 10.6 Å². The minimum absolute atomic E-state index is 0.108. The topological polar surface area (TPSA) is 84.0 Å². The van der Waals surface area contributed by atoms with Crippen LogP contribution in [0.2, 0.25) is 0 Å². The second kappa shape index (κ2) is 9.66. The Morgan fingerprint density at radius 2 is 1.96 bits per heavy atom. The number of aromatic nitrogens is 2. The van der Waals surface area contributed by atoms with Crippen molar-refractivity contribution in [2.45, 2.75) is 31.7 Å². The molecule has 0 unspecified atom stereocenters. The van der Waals surface area contributed by atoms with Gasteiger partial charge in [0.15, 0.2) is 0 Å². The Morgan fingerprint density at radius 1 is 1.18 bits per heavy atom. The fraction of sp³-hybridized carbons (Fsp3) is 0.300. The van der Waals surface area contributed by atoms with E-state index in [1.807, 2.05) is 6.92 Å². The average Bonchev–Trinajstić information content (AvgIpc) is 3.12. The lowest BCUT2D eigenvalue weighted by Crippen LogP contribution is -2.40. The van der Waals surface area contributed by atoms with Crippen LogP contribution >= 0.6 is 23.1 Å². The zero-order valence-corrected chi connectivity index (χ0v) is 17.5. The average molecular weight is 415 g/mol. The molecule has 8 heteroatoms. The molecule has 28 heavy (non-hydrogen) atoms. The summed E-state index contributed by atoms with van der Waals surface area (Å²) in [5.41, 5.74) is 3.34. The molecule has 3 aromatic rings. The molecule has 1 aromatic carbocycles. The van der Waals surface area contributed by atoms with Gasteiger partial charge in [-0.3, -0.25) is 10.1 Å². The zero-order valence-electron chi connectivity index (χ0n) is 15.8. The number of rotatable bonds is 7. The van der Waals surface area contributed by atoms with Gasteiger partial charge in [0, 0.05) is 17.5 Å². The largest absolute Gasteiger partial charge is 0.338 e. The normalized spacial score (nSPS) is 10.8. The summed E-state index contributed by atoms with van der Waals surface area (Å²) in [4.78, 5) is 33.4. The number of thioether (sulfide) groups is 1. The molecule has 0 spiro atoms. The van der Waals surface area contributed by atoms with E-state index in [1.165, 1.54) is 23.7 Å². The zero-order chi connectivity index (χ0) is 19.9. The molecule has 2 N–H and O–H groups in total. The number of imide groups is 1. The summed E-state index contributed by atoms with van der Waals surface area (Å²) in [6.07, 6.45) is 3.38. The number of amides is 3. The molecular formula is C20H22N4O2S2. The number of nitrogens with zero attached hydrogens (tertiary/aromatic N) is 2. The van der Waals surface area contributed by atoms with Crippen molar-refractivity contribution in [1.29, 1.82) is 0 Å². The maximum absolute atomic E-state index is 12.1. The number of carbonyl (C=O) groups excluding carboxylic acids is 2. The number of unbranched alkanes of at least 4 members (excludes halogenated alkanes) is 1. The van der Waals surface area contributed by atoms with Gasteiger partial charge in [-0.05, 0) is 18.9 Å². The second-order valence-electron chi connectivity index (χ2n) is 6.32. The summed E-state index contributed by atoms with van der Waals surface area (Å²) < 4.78 is 0. The highest BCUT2D eigenvalue weighted by Crippen LogP contribution is 2.37. The highest BCUT2D eigenvalue weighted by atomic mass is 32.2. The highest BCUT2D eigenvalue weighted by molar-refractivity contribution is 8.00. The summed E-state index contributed by atoms with van der Waals surface area (Å²) in [7, 11) is 0. The molecule has 6 nitrogen and oxygen atoms in total. The third kappa shape index (κ3) is 5.08. The van der Waals surface area contributed by atoms with E-state index in [0.717, 1.165) is 39.2 Å². The predicted octanol–water partition coefficient (Wildman–Crippen LogP) is 4.38. The van der Waals surface area contributed by atoms with Gasteiger partial charge in [0.2, 0.25) is 5.91 Å². The van der Waals surface area contributed by atoms with Crippen molar-refractivity contribution in [3.8, 4) is 11.1 Å². The number of fused-ring (bicyclic) bond motifs is 1. The molecule has 0 aliphatic carbocycles. The number of aryl methyl sites for hydroxylation is 1. The lowest BCUT2D eigenvalue weighted by atomic mass is 10.1. The smallest absolute Gasteiger partial charge is 0.321 e. The van der Waals surface area contributed by atoms with E-state index in [2.05, 4.69) is 57.2 Å². The third-order valence-corrected chi connectivity index (χ3v) is 5.98. The molecule has 2 aromatic heterocycles. The van der Waals surface area contributed by atoms with Gasteiger partial charge in [-0.1, -0.05) is 54.9 Å². The summed E-state index contributed by atoms with van der Waals surface area (Å²) >= 11 is 2.86. The first-order chi connectivity index (χ1) is 13.6. The predicted molar refractivity (Wildman–Crippen MR) is 115 cm³/mol. The van der Waals surface area contributed by atoms with Crippen LogP contribution in [0.1, 0.15) is 25.3 Å². The first-order valence-corrected chi connectivity index (χ1v) is 10.9. The number of carbonyl (C=O) groups is 2. The quantitative estimate of drug-likeness (QED) is 0.340. The van der Waals surface area contributed by atoms with Gasteiger partial charge in [0.25, 0.3) is 0 Å². The van der Waals surface area contributed by atoms with Gasteiger partial charge in [-0.25, -0.2) is 14.8 Å². The van der Waals surface area contributed by atoms with Gasteiger partial charge in [-0.15, -0.1) is 11.3 Å². The number of urea groups is 1. The van der Waals surface area contributed by atoms with Crippen molar-refractivity contribution in [3.05, 3.63) is 41.5 Å². The SMILES string of the molecule is CCCCNC(=O)NC(=O)CSc1ncnc2scc(-c3ccc(C)cc3)c12. The Kier molecular flexibility index (Phi) is 7.00. The Bertz CT molecular complexity index is 970. The minimum atomic E-state index is -0.456. The second-order valence-corrected chi connectivity index (χ2v) is 8.14. The first-order valence-electron chi connectivity index (χ1n) is 9.08. The van der Waals surface area contributed by atoms with Gasteiger partial charge in [0.1, 0.15) is 16.2 Å². The molecule has 0 radical (unpaired) electrons. The molecule has 3 rings (SSSR count). The van der Waals surface area contributed by atoms with Crippen molar-refractivity contribution in [2.75, 3.05) is 12.3 Å². The summed E-state index contributed by atoms with van der Waals surface area (Å²) in [5.74, 6) is -0.242. The Morgan fingerprint density at radius 3 is 2.71 bits per heavy atom. The van der Waals surface area contributed by atoms with Crippen LogP contribution in [0.15, 0.2) is 41.0 Å². The minimum Gasteiger partial charge on any atom is -0.338 e. The monoisotopic (exact) mass is 414 g/mol. The molecule has 0 aliphatic rings. The van der Waals surface area contributed by atoms with Crippen LogP contribution in [0.4, 0.5) is 4.79 Å². The Balaban J connectivity index is 1.71. The van der Waals surface area contributed by atoms with Crippen LogP contribution in [-0.4, -0.2) is 34.2 Å². The Labute approximate surface area is 172 Å². The van der Waals surface area contributed by atoms with E-state index in [-0.39, 0.29) is 11.7 Å². The van der Waals surface area contributed by atoms with Gasteiger partial charge < -0.3 is 5.32 Å².